The molecule has 0 aliphatic carbocycles. The fourth-order valence-corrected chi connectivity index (χ4v) is 4.08. The lowest BCUT2D eigenvalue weighted by molar-refractivity contribution is -0.137. The lowest BCUT2D eigenvalue weighted by atomic mass is 10.1. The minimum absolute atomic E-state index is 0.205. The summed E-state index contributed by atoms with van der Waals surface area (Å²) in [6.45, 7) is 0.771. The molecular weight excluding hydrogens is 491 g/mol. The molecule has 36 heavy (non-hydrogen) atoms. The highest BCUT2D eigenvalue weighted by atomic mass is 32.1. The van der Waals surface area contributed by atoms with E-state index in [1.165, 1.54) is 18.4 Å². The molecule has 3 heterocycles. The van der Waals surface area contributed by atoms with Crippen molar-refractivity contribution in [3.05, 3.63) is 101 Å². The molecule has 182 valence electrons. The van der Waals surface area contributed by atoms with E-state index in [9.17, 15) is 13.2 Å². The van der Waals surface area contributed by atoms with Crippen LogP contribution in [0.3, 0.4) is 0 Å². The third-order valence-corrected chi connectivity index (χ3v) is 6.00. The number of nitrogens with zero attached hydrogens (tertiary/aromatic N) is 5. The Morgan fingerprint density at radius 3 is 2.50 bits per heavy atom. The van der Waals surface area contributed by atoms with Gasteiger partial charge in [-0.3, -0.25) is 0 Å². The molecule has 0 unspecified atom stereocenters. The van der Waals surface area contributed by atoms with Gasteiger partial charge in [0.2, 0.25) is 5.89 Å². The van der Waals surface area contributed by atoms with E-state index in [2.05, 4.69) is 20.3 Å². The van der Waals surface area contributed by atoms with Gasteiger partial charge < -0.3 is 9.15 Å². The highest BCUT2D eigenvalue weighted by Gasteiger charge is 2.29. The van der Waals surface area contributed by atoms with E-state index in [4.69, 9.17) is 9.15 Å². The van der Waals surface area contributed by atoms with Crippen molar-refractivity contribution in [3.8, 4) is 16.3 Å². The van der Waals surface area contributed by atoms with Crippen LogP contribution in [0.2, 0.25) is 0 Å². The zero-order chi connectivity index (χ0) is 25.0. The number of hydrogen-bond donors (Lipinski definition) is 0. The van der Waals surface area contributed by atoms with Crippen LogP contribution in [0.25, 0.3) is 22.7 Å². The molecule has 11 heteroatoms. The van der Waals surface area contributed by atoms with E-state index in [1.54, 1.807) is 40.6 Å². The van der Waals surface area contributed by atoms with E-state index in [1.807, 2.05) is 29.6 Å². The summed E-state index contributed by atoms with van der Waals surface area (Å²) in [4.78, 5) is 8.96. The van der Waals surface area contributed by atoms with Gasteiger partial charge in [0.15, 0.2) is 0 Å². The van der Waals surface area contributed by atoms with Crippen molar-refractivity contribution in [1.82, 2.24) is 25.0 Å². The summed E-state index contributed by atoms with van der Waals surface area (Å²) >= 11 is 1.56. The number of ether oxygens (including phenoxy) is 1. The first kappa shape index (κ1) is 23.5. The van der Waals surface area contributed by atoms with Gasteiger partial charge in [0, 0.05) is 23.2 Å². The maximum Gasteiger partial charge on any atom is 0.416 e. The number of alkyl halides is 3. The topological polar surface area (TPSA) is 78.9 Å². The molecular formula is C25H18F3N5O2S. The summed E-state index contributed by atoms with van der Waals surface area (Å²) < 4.78 is 50.9. The number of hydrogen-bond acceptors (Lipinski definition) is 7. The third-order valence-electron chi connectivity index (χ3n) is 5.06. The minimum atomic E-state index is -4.36. The van der Waals surface area contributed by atoms with Crippen LogP contribution < -0.4 is 4.74 Å². The number of halogens is 3. The van der Waals surface area contributed by atoms with Crippen molar-refractivity contribution in [2.24, 2.45) is 0 Å². The summed E-state index contributed by atoms with van der Waals surface area (Å²) in [7, 11) is 0. The monoisotopic (exact) mass is 509 g/mol. The summed E-state index contributed by atoms with van der Waals surface area (Å²) in [5.74, 6) is 0.998. The number of thiazole rings is 1. The molecule has 0 fully saturated rings. The molecule has 0 aliphatic rings. The van der Waals surface area contributed by atoms with E-state index in [0.717, 1.165) is 28.4 Å². The van der Waals surface area contributed by atoms with E-state index < -0.39 is 11.7 Å². The van der Waals surface area contributed by atoms with Gasteiger partial charge in [0.05, 0.1) is 24.0 Å². The van der Waals surface area contributed by atoms with Crippen LogP contribution in [0.4, 0.5) is 13.2 Å². The van der Waals surface area contributed by atoms with Crippen molar-refractivity contribution in [2.75, 3.05) is 0 Å². The Morgan fingerprint density at radius 2 is 1.78 bits per heavy atom. The maximum absolute atomic E-state index is 12.7. The number of aromatic nitrogens is 5. The van der Waals surface area contributed by atoms with Gasteiger partial charge in [0.25, 0.3) is 0 Å². The Morgan fingerprint density at radius 1 is 0.972 bits per heavy atom. The molecule has 0 radical (unpaired) electrons. The highest BCUT2D eigenvalue weighted by Crippen LogP contribution is 2.29. The molecule has 5 aromatic rings. The van der Waals surface area contributed by atoms with Crippen LogP contribution in [-0.4, -0.2) is 25.0 Å². The summed E-state index contributed by atoms with van der Waals surface area (Å²) in [6.07, 6.45) is 3.76. The second-order valence-corrected chi connectivity index (χ2v) is 8.55. The molecule has 0 amide bonds. The highest BCUT2D eigenvalue weighted by molar-refractivity contribution is 7.13. The molecule has 0 N–H and O–H groups in total. The number of benzene rings is 2. The first-order valence-corrected chi connectivity index (χ1v) is 11.6. The molecule has 0 aliphatic heterocycles. The van der Waals surface area contributed by atoms with Gasteiger partial charge in [-0.15, -0.1) is 16.4 Å². The fourth-order valence-electron chi connectivity index (χ4n) is 3.26. The lowest BCUT2D eigenvalue weighted by Gasteiger charge is -2.05. The predicted octanol–water partition coefficient (Wildman–Crippen LogP) is 6.21. The summed E-state index contributed by atoms with van der Waals surface area (Å²) in [5, 5.41) is 10.6. The SMILES string of the molecule is FC(F)(F)c1ccc(/C=C/c2nc(COc3ccc(-c4nc(Cn5ccnn5)cs4)cc3)co2)cc1. The third kappa shape index (κ3) is 5.87. The quantitative estimate of drug-likeness (QED) is 0.248. The molecule has 2 aromatic carbocycles. The van der Waals surface area contributed by atoms with E-state index in [0.29, 0.717) is 29.4 Å². The standard InChI is InChI=1S/C25H18F3N5O2S/c26-25(27,28)19-6-1-17(2-7-19)3-10-23-30-21(15-35-23)14-34-22-8-4-18(5-9-22)24-31-20(16-36-24)13-33-12-11-29-32-33/h1-12,15-16H,13-14H2/b10-3+. The normalized spacial score (nSPS) is 11.9. The Hall–Kier alpha value is -4.25. The average Bonchev–Trinajstić information content (AvgIpc) is 3.65. The smallest absolute Gasteiger partial charge is 0.416 e. The fraction of sp³-hybridized carbons (Fsp3) is 0.120. The van der Waals surface area contributed by atoms with Gasteiger partial charge in [-0.2, -0.15) is 13.2 Å². The van der Waals surface area contributed by atoms with Crippen molar-refractivity contribution in [3.63, 3.8) is 0 Å². The largest absolute Gasteiger partial charge is 0.487 e. The number of rotatable bonds is 8. The Kier molecular flexibility index (Phi) is 6.63. The van der Waals surface area contributed by atoms with Crippen molar-refractivity contribution in [1.29, 1.82) is 0 Å². The Labute approximate surface area is 207 Å². The zero-order valence-electron chi connectivity index (χ0n) is 18.6. The Balaban J connectivity index is 1.14. The predicted molar refractivity (Wildman–Crippen MR) is 128 cm³/mol. The van der Waals surface area contributed by atoms with Crippen molar-refractivity contribution < 1.29 is 22.3 Å². The maximum atomic E-state index is 12.7. The van der Waals surface area contributed by atoms with E-state index in [-0.39, 0.29) is 6.61 Å². The molecule has 0 saturated carbocycles. The van der Waals surface area contributed by atoms with Gasteiger partial charge in [-0.25, -0.2) is 14.6 Å². The first-order chi connectivity index (χ1) is 17.4. The van der Waals surface area contributed by atoms with E-state index >= 15 is 0 Å². The van der Waals surface area contributed by atoms with Crippen molar-refractivity contribution in [2.45, 2.75) is 19.3 Å². The van der Waals surface area contributed by atoms with Gasteiger partial charge in [0.1, 0.15) is 29.3 Å². The van der Waals surface area contributed by atoms with Crippen LogP contribution in [0.5, 0.6) is 5.75 Å². The zero-order valence-corrected chi connectivity index (χ0v) is 19.4. The molecule has 0 saturated heterocycles. The minimum Gasteiger partial charge on any atom is -0.487 e. The Bertz CT molecular complexity index is 1440. The molecule has 0 spiro atoms. The van der Waals surface area contributed by atoms with Gasteiger partial charge in [-0.05, 0) is 48.0 Å². The second-order valence-electron chi connectivity index (χ2n) is 7.69. The van der Waals surface area contributed by atoms with Crippen LogP contribution in [0.15, 0.2) is 77.0 Å². The molecule has 7 nitrogen and oxygen atoms in total. The van der Waals surface area contributed by atoms with Crippen LogP contribution in [0.1, 0.15) is 28.4 Å². The average molecular weight is 510 g/mol. The lowest BCUT2D eigenvalue weighted by Crippen LogP contribution is -2.03. The van der Waals surface area contributed by atoms with Crippen LogP contribution >= 0.6 is 11.3 Å². The second kappa shape index (κ2) is 10.2. The number of oxazole rings is 1. The first-order valence-electron chi connectivity index (χ1n) is 10.7. The molecule has 0 bridgehead atoms. The van der Waals surface area contributed by atoms with Crippen molar-refractivity contribution >= 4 is 23.5 Å². The molecule has 3 aromatic heterocycles. The molecule has 5 rings (SSSR count). The molecule has 0 atom stereocenters. The summed E-state index contributed by atoms with van der Waals surface area (Å²) in [6, 6.07) is 12.4. The van der Waals surface area contributed by atoms with Gasteiger partial charge in [-0.1, -0.05) is 17.3 Å². The van der Waals surface area contributed by atoms with Crippen LogP contribution in [0, 0.1) is 0 Å². The van der Waals surface area contributed by atoms with Gasteiger partial charge >= 0.3 is 6.18 Å². The van der Waals surface area contributed by atoms with Crippen LogP contribution in [-0.2, 0) is 19.3 Å². The summed E-state index contributed by atoms with van der Waals surface area (Å²) in [5.41, 5.74) is 2.39.